The number of aryl methyl sites for hydroxylation is 2. The van der Waals surface area contributed by atoms with E-state index in [0.717, 1.165) is 16.1 Å². The third kappa shape index (κ3) is 3.82. The number of thiazole rings is 1. The number of rotatable bonds is 3. The number of carbonyl (C=O) groups excluding carboxylic acids is 2. The average Bonchev–Trinajstić information content (AvgIpc) is 2.98. The van der Waals surface area contributed by atoms with Crippen molar-refractivity contribution in [2.75, 3.05) is 18.5 Å². The molecule has 0 saturated heterocycles. The van der Waals surface area contributed by atoms with Crippen LogP contribution in [0.2, 0.25) is 0 Å². The summed E-state index contributed by atoms with van der Waals surface area (Å²) in [5.74, 6) is 0.0297. The normalized spacial score (nSPS) is 13.3. The number of amides is 2. The molecule has 0 aliphatic carbocycles. The number of benzene rings is 1. The quantitative estimate of drug-likeness (QED) is 0.910. The maximum atomic E-state index is 12.8. The fraction of sp³-hybridized carbons (Fsp3) is 0.389. The first-order chi connectivity index (χ1) is 12.0. The molecule has 1 aromatic heterocycles. The van der Waals surface area contributed by atoms with Crippen molar-refractivity contribution >= 4 is 28.5 Å². The van der Waals surface area contributed by atoms with E-state index in [9.17, 15) is 9.59 Å². The highest BCUT2D eigenvalue weighted by atomic mass is 32.1. The van der Waals surface area contributed by atoms with Gasteiger partial charge in [0.15, 0.2) is 5.13 Å². The second kappa shape index (κ2) is 7.23. The predicted octanol–water partition coefficient (Wildman–Crippen LogP) is 3.53. The molecule has 0 bridgehead atoms. The van der Waals surface area contributed by atoms with Gasteiger partial charge in [0.1, 0.15) is 0 Å². The zero-order valence-electron chi connectivity index (χ0n) is 14.6. The summed E-state index contributed by atoms with van der Waals surface area (Å²) in [5, 5.41) is 3.15. The van der Waals surface area contributed by atoms with Crippen molar-refractivity contribution in [2.24, 2.45) is 0 Å². The molecule has 0 radical (unpaired) electrons. The standard InChI is InChI=1S/C18H21N3O3S/c1-4-24-18(23)20-17-19-14-7-8-21(10-15(14)25-17)16(22)13-6-5-11(2)12(3)9-13/h5-6,9H,4,7-8,10H2,1-3H3,(H,19,20,23). The van der Waals surface area contributed by atoms with Crippen LogP contribution in [0, 0.1) is 13.8 Å². The van der Waals surface area contributed by atoms with Crippen molar-refractivity contribution in [1.29, 1.82) is 0 Å². The molecule has 2 heterocycles. The van der Waals surface area contributed by atoms with E-state index in [1.165, 1.54) is 16.9 Å². The minimum Gasteiger partial charge on any atom is -0.450 e. The monoisotopic (exact) mass is 359 g/mol. The molecule has 7 heteroatoms. The number of anilines is 1. The van der Waals surface area contributed by atoms with E-state index in [0.29, 0.717) is 36.8 Å². The van der Waals surface area contributed by atoms with Crippen LogP contribution >= 0.6 is 11.3 Å². The zero-order chi connectivity index (χ0) is 18.0. The van der Waals surface area contributed by atoms with Crippen LogP contribution in [0.25, 0.3) is 0 Å². The summed E-state index contributed by atoms with van der Waals surface area (Å²) in [6.07, 6.45) is 0.184. The Hall–Kier alpha value is -2.41. The Morgan fingerprint density at radius 1 is 1.32 bits per heavy atom. The van der Waals surface area contributed by atoms with E-state index in [1.807, 2.05) is 36.9 Å². The van der Waals surface area contributed by atoms with Crippen molar-refractivity contribution in [3.05, 3.63) is 45.5 Å². The van der Waals surface area contributed by atoms with Gasteiger partial charge >= 0.3 is 6.09 Å². The maximum Gasteiger partial charge on any atom is 0.413 e. The van der Waals surface area contributed by atoms with Crippen molar-refractivity contribution < 1.29 is 14.3 Å². The van der Waals surface area contributed by atoms with Gasteiger partial charge in [0, 0.05) is 23.4 Å². The second-order valence-electron chi connectivity index (χ2n) is 6.01. The maximum absolute atomic E-state index is 12.8. The third-order valence-electron chi connectivity index (χ3n) is 4.26. The van der Waals surface area contributed by atoms with Crippen LogP contribution in [0.3, 0.4) is 0 Å². The van der Waals surface area contributed by atoms with Gasteiger partial charge in [0.25, 0.3) is 5.91 Å². The van der Waals surface area contributed by atoms with E-state index < -0.39 is 6.09 Å². The highest BCUT2D eigenvalue weighted by Crippen LogP contribution is 2.29. The molecule has 1 aromatic carbocycles. The number of nitrogens with one attached hydrogen (secondary N) is 1. The van der Waals surface area contributed by atoms with Crippen molar-refractivity contribution in [2.45, 2.75) is 33.7 Å². The summed E-state index contributed by atoms with van der Waals surface area (Å²) >= 11 is 1.39. The lowest BCUT2D eigenvalue weighted by Gasteiger charge is -2.26. The highest BCUT2D eigenvalue weighted by Gasteiger charge is 2.25. The molecule has 0 atom stereocenters. The Balaban J connectivity index is 1.72. The summed E-state index contributed by atoms with van der Waals surface area (Å²) in [5.41, 5.74) is 3.94. The first kappa shape index (κ1) is 17.4. The van der Waals surface area contributed by atoms with Crippen LogP contribution in [-0.4, -0.2) is 35.0 Å². The Labute approximate surface area is 150 Å². The van der Waals surface area contributed by atoms with E-state index in [2.05, 4.69) is 10.3 Å². The lowest BCUT2D eigenvalue weighted by atomic mass is 10.0. The third-order valence-corrected chi connectivity index (χ3v) is 5.25. The number of fused-ring (bicyclic) bond motifs is 1. The van der Waals surface area contributed by atoms with Gasteiger partial charge in [0.2, 0.25) is 0 Å². The highest BCUT2D eigenvalue weighted by molar-refractivity contribution is 7.15. The van der Waals surface area contributed by atoms with Gasteiger partial charge in [-0.05, 0) is 44.0 Å². The molecule has 3 rings (SSSR count). The average molecular weight is 359 g/mol. The summed E-state index contributed by atoms with van der Waals surface area (Å²) in [7, 11) is 0. The lowest BCUT2D eigenvalue weighted by Crippen LogP contribution is -2.35. The molecule has 1 aliphatic heterocycles. The Kier molecular flexibility index (Phi) is 5.03. The lowest BCUT2D eigenvalue weighted by molar-refractivity contribution is 0.0736. The first-order valence-corrected chi connectivity index (χ1v) is 9.08. The van der Waals surface area contributed by atoms with E-state index in [1.54, 1.807) is 6.92 Å². The van der Waals surface area contributed by atoms with Gasteiger partial charge in [-0.1, -0.05) is 17.4 Å². The first-order valence-electron chi connectivity index (χ1n) is 8.26. The molecule has 0 fully saturated rings. The molecule has 0 spiro atoms. The van der Waals surface area contributed by atoms with Gasteiger partial charge in [-0.3, -0.25) is 10.1 Å². The van der Waals surface area contributed by atoms with Crippen LogP contribution < -0.4 is 5.32 Å². The van der Waals surface area contributed by atoms with Crippen LogP contribution in [0.1, 0.15) is 39.0 Å². The van der Waals surface area contributed by atoms with Gasteiger partial charge in [-0.2, -0.15) is 0 Å². The number of carbonyl (C=O) groups is 2. The Bertz CT molecular complexity index is 816. The summed E-state index contributed by atoms with van der Waals surface area (Å²) in [4.78, 5) is 31.5. The molecule has 132 valence electrons. The molecule has 1 aliphatic rings. The van der Waals surface area contributed by atoms with E-state index >= 15 is 0 Å². The molecule has 25 heavy (non-hydrogen) atoms. The van der Waals surface area contributed by atoms with E-state index in [4.69, 9.17) is 4.74 Å². The fourth-order valence-electron chi connectivity index (χ4n) is 2.73. The topological polar surface area (TPSA) is 71.5 Å². The number of hydrogen-bond donors (Lipinski definition) is 1. The van der Waals surface area contributed by atoms with Crippen LogP contribution in [0.15, 0.2) is 18.2 Å². The Morgan fingerprint density at radius 3 is 2.84 bits per heavy atom. The SMILES string of the molecule is CCOC(=O)Nc1nc2c(s1)CN(C(=O)c1ccc(C)c(C)c1)CC2. The number of hydrogen-bond acceptors (Lipinski definition) is 5. The molecule has 6 nitrogen and oxygen atoms in total. The van der Waals surface area contributed by atoms with Gasteiger partial charge in [0.05, 0.1) is 18.8 Å². The fourth-order valence-corrected chi connectivity index (χ4v) is 3.74. The molecule has 0 saturated carbocycles. The molecule has 0 unspecified atom stereocenters. The van der Waals surface area contributed by atoms with Crippen LogP contribution in [0.5, 0.6) is 0 Å². The molecule has 1 N–H and O–H groups in total. The predicted molar refractivity (Wildman–Crippen MR) is 97.1 cm³/mol. The number of ether oxygens (including phenoxy) is 1. The number of aromatic nitrogens is 1. The molecular formula is C18H21N3O3S. The van der Waals surface area contributed by atoms with Crippen molar-refractivity contribution in [3.8, 4) is 0 Å². The molecule has 2 amide bonds. The van der Waals surface area contributed by atoms with Gasteiger partial charge in [-0.15, -0.1) is 0 Å². The van der Waals surface area contributed by atoms with Crippen LogP contribution in [0.4, 0.5) is 9.93 Å². The summed E-state index contributed by atoms with van der Waals surface area (Å²) in [6, 6.07) is 5.79. The second-order valence-corrected chi connectivity index (χ2v) is 7.09. The molecular weight excluding hydrogens is 338 g/mol. The van der Waals surface area contributed by atoms with Crippen molar-refractivity contribution in [3.63, 3.8) is 0 Å². The number of nitrogens with zero attached hydrogens (tertiary/aromatic N) is 2. The minimum absolute atomic E-state index is 0.0297. The van der Waals surface area contributed by atoms with Crippen LogP contribution in [-0.2, 0) is 17.7 Å². The Morgan fingerprint density at radius 2 is 2.12 bits per heavy atom. The summed E-state index contributed by atoms with van der Waals surface area (Å²) in [6.45, 7) is 7.26. The molecule has 2 aromatic rings. The smallest absolute Gasteiger partial charge is 0.413 e. The minimum atomic E-state index is -0.503. The van der Waals surface area contributed by atoms with Crippen molar-refractivity contribution in [1.82, 2.24) is 9.88 Å². The largest absolute Gasteiger partial charge is 0.450 e. The van der Waals surface area contributed by atoms with Gasteiger partial charge < -0.3 is 9.64 Å². The van der Waals surface area contributed by atoms with Gasteiger partial charge in [-0.25, -0.2) is 9.78 Å². The summed E-state index contributed by atoms with van der Waals surface area (Å²) < 4.78 is 4.87. The zero-order valence-corrected chi connectivity index (χ0v) is 15.4. The van der Waals surface area contributed by atoms with E-state index in [-0.39, 0.29) is 5.91 Å².